The van der Waals surface area contributed by atoms with Crippen LogP contribution in [0.1, 0.15) is 11.1 Å². The Morgan fingerprint density at radius 1 is 1.21 bits per heavy atom. The van der Waals surface area contributed by atoms with E-state index in [1.54, 1.807) is 0 Å². The molecule has 0 aliphatic carbocycles. The first-order valence-corrected chi connectivity index (χ1v) is 4.40. The van der Waals surface area contributed by atoms with E-state index >= 15 is 0 Å². The largest absolute Gasteiger partial charge is 0.419 e. The van der Waals surface area contributed by atoms with E-state index in [9.17, 15) is 17.6 Å². The average Bonchev–Trinajstić information content (AvgIpc) is 2.02. The Bertz CT molecular complexity index is 319. The summed E-state index contributed by atoms with van der Waals surface area (Å²) in [6, 6.07) is 2.83. The number of rotatable bonds is 2. The van der Waals surface area contributed by atoms with Crippen LogP contribution in [0.5, 0.6) is 0 Å². The third kappa shape index (κ3) is 2.61. The molecule has 0 aromatic heterocycles. The molecule has 0 atom stereocenters. The van der Waals surface area contributed by atoms with Crippen molar-refractivity contribution in [1.29, 1.82) is 0 Å². The number of alkyl halides is 4. The molecule has 1 aromatic rings. The zero-order chi connectivity index (χ0) is 10.8. The van der Waals surface area contributed by atoms with Crippen molar-refractivity contribution < 1.29 is 17.6 Å². The number of hydrogen-bond acceptors (Lipinski definition) is 0. The summed E-state index contributed by atoms with van der Waals surface area (Å²) in [7, 11) is 0. The molecule has 0 spiro atoms. The summed E-state index contributed by atoms with van der Waals surface area (Å²) in [4.78, 5) is 0. The van der Waals surface area contributed by atoms with E-state index in [0.717, 1.165) is 12.1 Å². The molecule has 0 heterocycles. The lowest BCUT2D eigenvalue weighted by molar-refractivity contribution is -0.140. The Labute approximate surface area is 83.5 Å². The standard InChI is InChI=1S/C9H7ClF4/c10-4-3-6-1-2-7(8(11)5-6)9(12,13)14/h1-2,5H,3-4H2. The zero-order valence-electron chi connectivity index (χ0n) is 7.04. The molecule has 0 amide bonds. The fraction of sp³-hybridized carbons (Fsp3) is 0.333. The van der Waals surface area contributed by atoms with Gasteiger partial charge in [0.1, 0.15) is 5.82 Å². The lowest BCUT2D eigenvalue weighted by Crippen LogP contribution is -2.08. The van der Waals surface area contributed by atoms with Gasteiger partial charge in [-0.05, 0) is 24.1 Å². The topological polar surface area (TPSA) is 0 Å². The highest BCUT2D eigenvalue weighted by molar-refractivity contribution is 6.17. The van der Waals surface area contributed by atoms with Crippen molar-refractivity contribution in [3.05, 3.63) is 35.1 Å². The van der Waals surface area contributed by atoms with Gasteiger partial charge in [-0.1, -0.05) is 6.07 Å². The van der Waals surface area contributed by atoms with E-state index in [0.29, 0.717) is 12.0 Å². The van der Waals surface area contributed by atoms with E-state index in [-0.39, 0.29) is 5.88 Å². The maximum absolute atomic E-state index is 12.9. The predicted molar refractivity (Wildman–Crippen MR) is 45.8 cm³/mol. The highest BCUT2D eigenvalue weighted by Gasteiger charge is 2.33. The monoisotopic (exact) mass is 226 g/mol. The van der Waals surface area contributed by atoms with Crippen LogP contribution in [-0.2, 0) is 12.6 Å². The first kappa shape index (κ1) is 11.3. The van der Waals surface area contributed by atoms with Crippen LogP contribution in [0, 0.1) is 5.82 Å². The van der Waals surface area contributed by atoms with Gasteiger partial charge in [-0.25, -0.2) is 4.39 Å². The van der Waals surface area contributed by atoms with Crippen LogP contribution < -0.4 is 0 Å². The highest BCUT2D eigenvalue weighted by atomic mass is 35.5. The van der Waals surface area contributed by atoms with Crippen LogP contribution in [-0.4, -0.2) is 5.88 Å². The lowest BCUT2D eigenvalue weighted by Gasteiger charge is -2.08. The Morgan fingerprint density at radius 2 is 1.86 bits per heavy atom. The molecular weight excluding hydrogens is 220 g/mol. The molecule has 0 radical (unpaired) electrons. The molecule has 0 aliphatic heterocycles. The minimum absolute atomic E-state index is 0.255. The second-order valence-electron chi connectivity index (χ2n) is 2.75. The molecular formula is C9H7ClF4. The minimum Gasteiger partial charge on any atom is -0.206 e. The summed E-state index contributed by atoms with van der Waals surface area (Å²) in [6.45, 7) is 0. The van der Waals surface area contributed by atoms with Crippen LogP contribution in [0.25, 0.3) is 0 Å². The van der Waals surface area contributed by atoms with Crippen molar-refractivity contribution in [3.63, 3.8) is 0 Å². The number of halogens is 5. The molecule has 78 valence electrons. The molecule has 0 saturated heterocycles. The zero-order valence-corrected chi connectivity index (χ0v) is 7.79. The Balaban J connectivity index is 3.02. The fourth-order valence-corrected chi connectivity index (χ4v) is 1.27. The molecule has 1 rings (SSSR count). The maximum Gasteiger partial charge on any atom is 0.419 e. The lowest BCUT2D eigenvalue weighted by atomic mass is 10.1. The SMILES string of the molecule is Fc1cc(CCCl)ccc1C(F)(F)F. The van der Waals surface area contributed by atoms with Gasteiger partial charge in [0, 0.05) is 5.88 Å². The van der Waals surface area contributed by atoms with Crippen LogP contribution in [0.2, 0.25) is 0 Å². The van der Waals surface area contributed by atoms with Crippen molar-refractivity contribution in [2.75, 3.05) is 5.88 Å². The van der Waals surface area contributed by atoms with Gasteiger partial charge < -0.3 is 0 Å². The van der Waals surface area contributed by atoms with Crippen molar-refractivity contribution >= 4 is 11.6 Å². The Hall–Kier alpha value is -0.770. The normalized spacial score (nSPS) is 11.8. The molecule has 1 aromatic carbocycles. The molecule has 0 fully saturated rings. The summed E-state index contributed by atoms with van der Waals surface area (Å²) in [5.41, 5.74) is -0.777. The fourth-order valence-electron chi connectivity index (χ4n) is 1.05. The number of hydrogen-bond donors (Lipinski definition) is 0. The average molecular weight is 227 g/mol. The van der Waals surface area contributed by atoms with E-state index in [1.165, 1.54) is 6.07 Å². The van der Waals surface area contributed by atoms with E-state index in [4.69, 9.17) is 11.6 Å². The Morgan fingerprint density at radius 3 is 2.29 bits per heavy atom. The van der Waals surface area contributed by atoms with Gasteiger partial charge in [0.2, 0.25) is 0 Å². The molecule has 0 bridgehead atoms. The maximum atomic E-state index is 12.9. The summed E-state index contributed by atoms with van der Waals surface area (Å²) < 4.78 is 49.2. The number of aryl methyl sites for hydroxylation is 1. The van der Waals surface area contributed by atoms with Crippen molar-refractivity contribution in [2.24, 2.45) is 0 Å². The van der Waals surface area contributed by atoms with Gasteiger partial charge in [0.05, 0.1) is 5.56 Å². The smallest absolute Gasteiger partial charge is 0.206 e. The quantitative estimate of drug-likeness (QED) is 0.534. The third-order valence-electron chi connectivity index (χ3n) is 1.72. The molecule has 0 nitrogen and oxygen atoms in total. The van der Waals surface area contributed by atoms with Crippen LogP contribution in [0.3, 0.4) is 0 Å². The van der Waals surface area contributed by atoms with E-state index < -0.39 is 17.6 Å². The van der Waals surface area contributed by atoms with Crippen molar-refractivity contribution in [3.8, 4) is 0 Å². The van der Waals surface area contributed by atoms with Gasteiger partial charge in [-0.15, -0.1) is 11.6 Å². The second kappa shape index (κ2) is 4.17. The highest BCUT2D eigenvalue weighted by Crippen LogP contribution is 2.31. The molecule has 0 unspecified atom stereocenters. The summed E-state index contributed by atoms with van der Waals surface area (Å²) in [5, 5.41) is 0. The van der Waals surface area contributed by atoms with Gasteiger partial charge in [0.15, 0.2) is 0 Å². The van der Waals surface area contributed by atoms with Crippen molar-refractivity contribution in [2.45, 2.75) is 12.6 Å². The molecule has 0 N–H and O–H groups in total. The van der Waals surface area contributed by atoms with Crippen LogP contribution in [0.4, 0.5) is 17.6 Å². The summed E-state index contributed by atoms with van der Waals surface area (Å²) >= 11 is 5.37. The van der Waals surface area contributed by atoms with Gasteiger partial charge in [0.25, 0.3) is 0 Å². The molecule has 14 heavy (non-hydrogen) atoms. The van der Waals surface area contributed by atoms with Gasteiger partial charge in [-0.3, -0.25) is 0 Å². The minimum atomic E-state index is -4.64. The van der Waals surface area contributed by atoms with Crippen molar-refractivity contribution in [1.82, 2.24) is 0 Å². The Kier molecular flexibility index (Phi) is 3.37. The number of benzene rings is 1. The third-order valence-corrected chi connectivity index (χ3v) is 1.91. The summed E-state index contributed by atoms with van der Waals surface area (Å²) in [6.07, 6.45) is -4.28. The molecule has 5 heteroatoms. The first-order valence-electron chi connectivity index (χ1n) is 3.86. The van der Waals surface area contributed by atoms with Crippen LogP contribution >= 0.6 is 11.6 Å². The van der Waals surface area contributed by atoms with E-state index in [2.05, 4.69) is 0 Å². The summed E-state index contributed by atoms with van der Waals surface area (Å²) in [5.74, 6) is -0.995. The first-order chi connectivity index (χ1) is 6.45. The molecule has 0 saturated carbocycles. The van der Waals surface area contributed by atoms with Gasteiger partial charge >= 0.3 is 6.18 Å². The molecule has 0 aliphatic rings. The van der Waals surface area contributed by atoms with E-state index in [1.807, 2.05) is 0 Å². The van der Waals surface area contributed by atoms with Crippen LogP contribution in [0.15, 0.2) is 18.2 Å². The van der Waals surface area contributed by atoms with Gasteiger partial charge in [-0.2, -0.15) is 13.2 Å². The predicted octanol–water partition coefficient (Wildman–Crippen LogP) is 3.63. The second-order valence-corrected chi connectivity index (χ2v) is 3.13.